The second-order valence-corrected chi connectivity index (χ2v) is 21.1. The number of nitrogens with one attached hydrogen (secondary N) is 4. The van der Waals surface area contributed by atoms with E-state index in [1.807, 2.05) is 13.8 Å². The van der Waals surface area contributed by atoms with E-state index in [1.165, 1.54) is 59.1 Å². The Morgan fingerprint density at radius 3 is 1.62 bits per heavy atom. The molecular weight excluding hydrogens is 937 g/mol. The first-order chi connectivity index (χ1) is 31.1. The molecule has 66 heavy (non-hydrogen) atoms. The average Bonchev–Trinajstić information content (AvgIpc) is 3.90. The van der Waals surface area contributed by atoms with E-state index >= 15 is 0 Å². The van der Waals surface area contributed by atoms with Gasteiger partial charge in [0.2, 0.25) is 11.8 Å². The van der Waals surface area contributed by atoms with E-state index in [9.17, 15) is 55.8 Å². The molecule has 2 aromatic carbocycles. The summed E-state index contributed by atoms with van der Waals surface area (Å²) in [6, 6.07) is 7.75. The Bertz CT molecular complexity index is 2890. The lowest BCUT2D eigenvalue weighted by molar-refractivity contribution is -0.121. The van der Waals surface area contributed by atoms with Gasteiger partial charge in [0.15, 0.2) is 44.7 Å². The SMILES string of the molecule is CCCNC(=O)CCC(=O)c1ccc2c(c1)C(O)=C(C(=O)Nc1ncc(C)s1)N(C)S2(=O)=O.CCCNC(=O)CCC(=O)c1cccc2c1C(O)=C(C(=O)Nc1ncc(C)s1)N(C)S2(=O)=O. The molecule has 352 valence electrons. The number of ketones is 2. The molecule has 4 aromatic rings. The van der Waals surface area contributed by atoms with Crippen molar-refractivity contribution in [3.63, 3.8) is 0 Å². The van der Waals surface area contributed by atoms with Crippen molar-refractivity contribution in [3.05, 3.63) is 92.2 Å². The summed E-state index contributed by atoms with van der Waals surface area (Å²) in [4.78, 5) is 83.9. The molecule has 0 spiro atoms. The molecule has 0 atom stereocenters. The predicted octanol–water partition coefficient (Wildman–Crippen LogP) is 4.88. The molecule has 24 heteroatoms. The fraction of sp³-hybridized carbons (Fsp3) is 0.333. The van der Waals surface area contributed by atoms with E-state index in [0.717, 1.165) is 36.7 Å². The van der Waals surface area contributed by atoms with Gasteiger partial charge in [-0.3, -0.25) is 48.0 Å². The number of sulfonamides is 2. The van der Waals surface area contributed by atoms with E-state index in [1.54, 1.807) is 26.2 Å². The summed E-state index contributed by atoms with van der Waals surface area (Å²) in [5.74, 6) is -4.45. The largest absolute Gasteiger partial charge is 0.505 e. The van der Waals surface area contributed by atoms with E-state index in [2.05, 4.69) is 31.2 Å². The Hall–Kier alpha value is -6.50. The number of aryl methyl sites for hydroxylation is 2. The van der Waals surface area contributed by atoms with Crippen molar-refractivity contribution in [2.24, 2.45) is 0 Å². The fourth-order valence-corrected chi connectivity index (χ4v) is 10.6. The third-order valence-electron chi connectivity index (χ3n) is 9.89. The van der Waals surface area contributed by atoms with Crippen molar-refractivity contribution in [2.75, 3.05) is 37.8 Å². The summed E-state index contributed by atoms with van der Waals surface area (Å²) in [7, 11) is -6.08. The molecule has 6 N–H and O–H groups in total. The molecule has 0 unspecified atom stereocenters. The van der Waals surface area contributed by atoms with Crippen LogP contribution in [0.4, 0.5) is 10.3 Å². The van der Waals surface area contributed by atoms with Crippen molar-refractivity contribution in [3.8, 4) is 0 Å². The molecule has 0 radical (unpaired) electrons. The molecule has 2 aliphatic rings. The van der Waals surface area contributed by atoms with Crippen LogP contribution < -0.4 is 21.3 Å². The predicted molar refractivity (Wildman–Crippen MR) is 247 cm³/mol. The number of nitrogens with zero attached hydrogens (tertiary/aromatic N) is 4. The highest BCUT2D eigenvalue weighted by atomic mass is 32.2. The molecule has 4 amide bonds. The number of amides is 4. The Labute approximate surface area is 388 Å². The van der Waals surface area contributed by atoms with Crippen LogP contribution in [0.5, 0.6) is 0 Å². The monoisotopic (exact) mass is 984 g/mol. The number of carbonyl (C=O) groups is 6. The lowest BCUT2D eigenvalue weighted by Gasteiger charge is -2.29. The minimum Gasteiger partial charge on any atom is -0.505 e. The zero-order valence-electron chi connectivity index (χ0n) is 36.7. The molecular formula is C42H48N8O12S4. The van der Waals surface area contributed by atoms with Gasteiger partial charge in [-0.1, -0.05) is 32.0 Å². The fourth-order valence-electron chi connectivity index (χ4n) is 6.49. The average molecular weight is 985 g/mol. The molecule has 2 aliphatic heterocycles. The Morgan fingerprint density at radius 2 is 1.14 bits per heavy atom. The minimum atomic E-state index is -4.23. The molecule has 2 aromatic heterocycles. The highest BCUT2D eigenvalue weighted by Crippen LogP contribution is 2.39. The number of rotatable bonds is 16. The van der Waals surface area contributed by atoms with Crippen LogP contribution in [-0.4, -0.2) is 108 Å². The summed E-state index contributed by atoms with van der Waals surface area (Å²) in [6.07, 6.45) is 4.25. The Morgan fingerprint density at radius 1 is 0.652 bits per heavy atom. The standard InChI is InChI=1S/2C21H24N4O6S2/c1-4-9-22-17(27)8-6-15(26)13-5-7-16-14(10-13)19(28)18(25(3)33(16,30)31)20(29)24-21-23-11-12(2)32-21;1-4-10-22-16(27)9-8-14(26)13-6-5-7-15-17(13)19(28)18(25(3)33(15,30)31)20(29)24-21-23-11-12(2)32-21/h5,7,10-11,28H,4,6,8-9H2,1-3H3,(H,22,27)(H,23,24,29);5-7,11,28H,4,8-10H2,1-3H3,(H,22,27)(H,23,24,29). The Balaban J connectivity index is 0.000000247. The van der Waals surface area contributed by atoms with Crippen LogP contribution in [0.25, 0.3) is 11.5 Å². The van der Waals surface area contributed by atoms with Gasteiger partial charge in [-0.2, -0.15) is 0 Å². The third-order valence-corrected chi connectivity index (χ3v) is 15.2. The molecule has 0 saturated heterocycles. The molecule has 20 nitrogen and oxygen atoms in total. The zero-order chi connectivity index (χ0) is 48.7. The number of hydrogen-bond donors (Lipinski definition) is 6. The van der Waals surface area contributed by atoms with Gasteiger partial charge in [-0.05, 0) is 44.9 Å². The lowest BCUT2D eigenvalue weighted by atomic mass is 9.97. The normalized spacial score (nSPS) is 14.6. The van der Waals surface area contributed by atoms with Gasteiger partial charge in [0.05, 0.1) is 15.4 Å². The number of aliphatic hydroxyl groups is 2. The number of anilines is 2. The van der Waals surface area contributed by atoms with Gasteiger partial charge in [0.1, 0.15) is 0 Å². The van der Waals surface area contributed by atoms with E-state index < -0.39 is 66.3 Å². The maximum Gasteiger partial charge on any atom is 0.278 e. The third kappa shape index (κ3) is 11.1. The first kappa shape index (κ1) is 50.5. The van der Waals surface area contributed by atoms with Crippen LogP contribution in [0.3, 0.4) is 0 Å². The number of Topliss-reactive ketones (excluding diaryl/α,β-unsaturated/α-hetero) is 2. The van der Waals surface area contributed by atoms with Gasteiger partial charge in [-0.25, -0.2) is 26.8 Å². The summed E-state index contributed by atoms with van der Waals surface area (Å²) < 4.78 is 53.5. The number of fused-ring (bicyclic) bond motifs is 2. The van der Waals surface area contributed by atoms with E-state index in [0.29, 0.717) is 21.7 Å². The first-order valence-corrected chi connectivity index (χ1v) is 24.8. The molecule has 6 rings (SSSR count). The smallest absolute Gasteiger partial charge is 0.278 e. The highest BCUT2D eigenvalue weighted by Gasteiger charge is 2.41. The van der Waals surface area contributed by atoms with Crippen molar-refractivity contribution >= 4 is 99.7 Å². The van der Waals surface area contributed by atoms with Crippen molar-refractivity contribution in [2.45, 2.75) is 76.0 Å². The van der Waals surface area contributed by atoms with Crippen molar-refractivity contribution in [1.29, 1.82) is 0 Å². The van der Waals surface area contributed by atoms with Gasteiger partial charge >= 0.3 is 0 Å². The number of aromatic nitrogens is 2. The highest BCUT2D eigenvalue weighted by molar-refractivity contribution is 7.89. The maximum absolute atomic E-state index is 13.1. The van der Waals surface area contributed by atoms with Crippen LogP contribution in [0.1, 0.15) is 94.0 Å². The molecule has 4 heterocycles. The van der Waals surface area contributed by atoms with Gasteiger partial charge in [0, 0.05) is 91.7 Å². The van der Waals surface area contributed by atoms with E-state index in [4.69, 9.17) is 0 Å². The summed E-state index contributed by atoms with van der Waals surface area (Å²) in [5, 5.41) is 32.6. The van der Waals surface area contributed by atoms with Crippen LogP contribution >= 0.6 is 22.7 Å². The number of likely N-dealkylation sites (N-methyl/N-ethyl adjacent to an activating group) is 2. The van der Waals surface area contributed by atoms with Gasteiger partial charge < -0.3 is 20.8 Å². The van der Waals surface area contributed by atoms with E-state index in [-0.39, 0.29) is 79.8 Å². The van der Waals surface area contributed by atoms with Crippen LogP contribution in [0.15, 0.2) is 70.0 Å². The van der Waals surface area contributed by atoms with Crippen molar-refractivity contribution in [1.82, 2.24) is 29.2 Å². The zero-order valence-corrected chi connectivity index (χ0v) is 39.9. The molecule has 0 saturated carbocycles. The number of carbonyl (C=O) groups excluding carboxylic acids is 6. The van der Waals surface area contributed by atoms with Crippen LogP contribution in [-0.2, 0) is 39.2 Å². The van der Waals surface area contributed by atoms with Crippen LogP contribution in [0, 0.1) is 13.8 Å². The summed E-state index contributed by atoms with van der Waals surface area (Å²) in [5.41, 5.74) is -1.39. The van der Waals surface area contributed by atoms with Gasteiger partial charge in [-0.15, -0.1) is 22.7 Å². The lowest BCUT2D eigenvalue weighted by Crippen LogP contribution is -2.37. The van der Waals surface area contributed by atoms with Crippen molar-refractivity contribution < 1.29 is 55.8 Å². The number of aliphatic hydroxyl groups excluding tert-OH is 2. The quantitative estimate of drug-likeness (QED) is 0.0817. The number of benzene rings is 2. The number of thiazole rings is 2. The van der Waals surface area contributed by atoms with Gasteiger partial charge in [0.25, 0.3) is 31.9 Å². The molecule has 0 bridgehead atoms. The second kappa shape index (κ2) is 21.2. The topological polar surface area (TPSA) is 292 Å². The molecule has 0 aliphatic carbocycles. The number of hydrogen-bond acceptors (Lipinski definition) is 16. The first-order valence-electron chi connectivity index (χ1n) is 20.3. The minimum absolute atomic E-state index is 0.0142. The van der Waals surface area contributed by atoms with Crippen LogP contribution in [0.2, 0.25) is 0 Å². The summed E-state index contributed by atoms with van der Waals surface area (Å²) in [6.45, 7) is 8.40. The second-order valence-electron chi connectivity index (χ2n) is 14.7. The summed E-state index contributed by atoms with van der Waals surface area (Å²) >= 11 is 2.38. The molecule has 0 fully saturated rings. The Kier molecular flexibility index (Phi) is 16.2. The maximum atomic E-state index is 13.1.